The lowest BCUT2D eigenvalue weighted by Crippen LogP contribution is -2.29. The van der Waals surface area contributed by atoms with E-state index in [4.69, 9.17) is 14.6 Å². The summed E-state index contributed by atoms with van der Waals surface area (Å²) in [5, 5.41) is 14.9. The number of pyridine rings is 1. The number of hydrogen-bond donors (Lipinski definition) is 3. The highest BCUT2D eigenvalue weighted by molar-refractivity contribution is 7.14. The van der Waals surface area contributed by atoms with Crippen LogP contribution in [-0.2, 0) is 24.4 Å². The number of nitrogens with one attached hydrogen (secondary N) is 2. The van der Waals surface area contributed by atoms with Gasteiger partial charge in [-0.3, -0.25) is 14.6 Å². The molecule has 176 valence electrons. The Hall–Kier alpha value is -3.76. The van der Waals surface area contributed by atoms with E-state index in [9.17, 15) is 14.4 Å². The molecule has 1 aliphatic heterocycles. The number of Topliss-reactive ketones (excluding diaryl/α,β-unsaturated/α-hetero) is 1. The van der Waals surface area contributed by atoms with E-state index in [1.807, 2.05) is 6.07 Å². The van der Waals surface area contributed by atoms with Crippen molar-refractivity contribution in [2.75, 3.05) is 19.7 Å². The van der Waals surface area contributed by atoms with Crippen molar-refractivity contribution in [3.05, 3.63) is 75.2 Å². The van der Waals surface area contributed by atoms with Gasteiger partial charge in [0.1, 0.15) is 18.1 Å². The first kappa shape index (κ1) is 23.4. The molecule has 0 spiro atoms. The Morgan fingerprint density at radius 3 is 2.82 bits per heavy atom. The number of carboxylic acid groups (broad SMARTS) is 1. The SMILES string of the molecule is O=C(O)COc1ccc(C(=O)CNC(=O)c2cc3c(s2)CCNC3)cc1COc1cccnc1. The molecule has 0 fully saturated rings. The van der Waals surface area contributed by atoms with E-state index >= 15 is 0 Å². The van der Waals surface area contributed by atoms with Gasteiger partial charge in [0.25, 0.3) is 5.91 Å². The summed E-state index contributed by atoms with van der Waals surface area (Å²) >= 11 is 1.46. The van der Waals surface area contributed by atoms with E-state index in [1.54, 1.807) is 30.6 Å². The van der Waals surface area contributed by atoms with Gasteiger partial charge in [-0.1, -0.05) is 0 Å². The van der Waals surface area contributed by atoms with E-state index in [-0.39, 0.29) is 24.8 Å². The van der Waals surface area contributed by atoms with Gasteiger partial charge in [-0.05, 0) is 48.4 Å². The Morgan fingerprint density at radius 1 is 1.18 bits per heavy atom. The lowest BCUT2D eigenvalue weighted by atomic mass is 10.1. The lowest BCUT2D eigenvalue weighted by molar-refractivity contribution is -0.139. The molecule has 0 bridgehead atoms. The zero-order chi connectivity index (χ0) is 23.9. The van der Waals surface area contributed by atoms with Crippen LogP contribution in [0.25, 0.3) is 0 Å². The number of amides is 1. The second-order valence-electron chi connectivity index (χ2n) is 7.57. The first-order valence-corrected chi connectivity index (χ1v) is 11.5. The molecule has 34 heavy (non-hydrogen) atoms. The number of aliphatic carboxylic acids is 1. The maximum atomic E-state index is 12.8. The fourth-order valence-corrected chi connectivity index (χ4v) is 4.55. The number of nitrogens with zero attached hydrogens (tertiary/aromatic N) is 1. The predicted octanol–water partition coefficient (Wildman–Crippen LogP) is 2.44. The fraction of sp³-hybridized carbons (Fsp3) is 0.250. The minimum absolute atomic E-state index is 0.0446. The number of carboxylic acids is 1. The molecule has 0 saturated carbocycles. The van der Waals surface area contributed by atoms with E-state index in [1.165, 1.54) is 28.3 Å². The summed E-state index contributed by atoms with van der Waals surface area (Å²) in [6, 6.07) is 9.97. The predicted molar refractivity (Wildman–Crippen MR) is 125 cm³/mol. The molecule has 3 aromatic rings. The van der Waals surface area contributed by atoms with Gasteiger partial charge in [-0.25, -0.2) is 4.79 Å². The minimum Gasteiger partial charge on any atom is -0.487 e. The van der Waals surface area contributed by atoms with Crippen molar-refractivity contribution in [3.8, 4) is 11.5 Å². The fourth-order valence-electron chi connectivity index (χ4n) is 3.45. The van der Waals surface area contributed by atoms with E-state index in [2.05, 4.69) is 15.6 Å². The highest BCUT2D eigenvalue weighted by Gasteiger charge is 2.18. The monoisotopic (exact) mass is 481 g/mol. The second-order valence-corrected chi connectivity index (χ2v) is 8.71. The molecule has 3 heterocycles. The molecule has 1 aliphatic rings. The first-order valence-electron chi connectivity index (χ1n) is 10.6. The maximum Gasteiger partial charge on any atom is 0.341 e. The van der Waals surface area contributed by atoms with Crippen molar-refractivity contribution in [2.24, 2.45) is 0 Å². The van der Waals surface area contributed by atoms with Crippen molar-refractivity contribution in [1.29, 1.82) is 0 Å². The summed E-state index contributed by atoms with van der Waals surface area (Å²) in [4.78, 5) is 42.0. The van der Waals surface area contributed by atoms with Crippen molar-refractivity contribution in [3.63, 3.8) is 0 Å². The molecule has 0 saturated heterocycles. The first-order chi connectivity index (χ1) is 16.5. The topological polar surface area (TPSA) is 127 Å². The van der Waals surface area contributed by atoms with Gasteiger partial charge < -0.3 is 25.2 Å². The van der Waals surface area contributed by atoms with Gasteiger partial charge in [-0.2, -0.15) is 0 Å². The molecule has 1 aromatic carbocycles. The highest BCUT2D eigenvalue weighted by Crippen LogP contribution is 2.25. The molecule has 4 rings (SSSR count). The lowest BCUT2D eigenvalue weighted by Gasteiger charge is -2.13. The summed E-state index contributed by atoms with van der Waals surface area (Å²) in [5.74, 6) is -0.875. The van der Waals surface area contributed by atoms with Gasteiger partial charge in [0.05, 0.1) is 17.6 Å². The summed E-state index contributed by atoms with van der Waals surface area (Å²) < 4.78 is 11.0. The van der Waals surface area contributed by atoms with Crippen LogP contribution in [-0.4, -0.2) is 47.4 Å². The largest absolute Gasteiger partial charge is 0.487 e. The number of rotatable bonds is 10. The average molecular weight is 482 g/mol. The van der Waals surface area contributed by atoms with E-state index < -0.39 is 12.6 Å². The molecule has 3 N–H and O–H groups in total. The quantitative estimate of drug-likeness (QED) is 0.377. The van der Waals surface area contributed by atoms with E-state index in [0.717, 1.165) is 25.1 Å². The Kier molecular flexibility index (Phi) is 7.51. The van der Waals surface area contributed by atoms with Crippen molar-refractivity contribution in [1.82, 2.24) is 15.6 Å². The van der Waals surface area contributed by atoms with Gasteiger partial charge in [0, 0.05) is 35.3 Å². The van der Waals surface area contributed by atoms with Gasteiger partial charge >= 0.3 is 5.97 Å². The van der Waals surface area contributed by atoms with Crippen LogP contribution >= 0.6 is 11.3 Å². The Morgan fingerprint density at radius 2 is 2.06 bits per heavy atom. The number of carbonyl (C=O) groups is 3. The number of carbonyl (C=O) groups excluding carboxylic acids is 2. The van der Waals surface area contributed by atoms with Crippen molar-refractivity contribution in [2.45, 2.75) is 19.6 Å². The Labute approximate surface area is 199 Å². The van der Waals surface area contributed by atoms with Crippen LogP contribution < -0.4 is 20.1 Å². The van der Waals surface area contributed by atoms with Crippen LogP contribution in [0.1, 0.15) is 36.0 Å². The molecule has 1 amide bonds. The van der Waals surface area contributed by atoms with Crippen LogP contribution in [0.2, 0.25) is 0 Å². The third-order valence-corrected chi connectivity index (χ3v) is 6.37. The molecule has 0 radical (unpaired) electrons. The number of hydrogen-bond acceptors (Lipinski definition) is 8. The van der Waals surface area contributed by atoms with Crippen LogP contribution in [0.3, 0.4) is 0 Å². The molecule has 2 aromatic heterocycles. The van der Waals surface area contributed by atoms with Crippen LogP contribution in [0.15, 0.2) is 48.8 Å². The summed E-state index contributed by atoms with van der Waals surface area (Å²) in [6.45, 7) is 0.995. The van der Waals surface area contributed by atoms with Crippen LogP contribution in [0.5, 0.6) is 11.5 Å². The standard InChI is InChI=1S/C24H23N3O6S/c28-19(12-27-24(31)22-9-16-10-26-7-5-21(16)34-22)15-3-4-20(33-14-23(29)30)17(8-15)13-32-18-2-1-6-25-11-18/h1-4,6,8-9,11,26H,5,7,10,12-14H2,(H,27,31)(H,29,30). The maximum absolute atomic E-state index is 12.8. The third-order valence-electron chi connectivity index (χ3n) is 5.14. The smallest absolute Gasteiger partial charge is 0.341 e. The molecule has 10 heteroatoms. The molecule has 0 unspecified atom stereocenters. The zero-order valence-corrected chi connectivity index (χ0v) is 19.0. The van der Waals surface area contributed by atoms with Gasteiger partial charge in [0.2, 0.25) is 0 Å². The van der Waals surface area contributed by atoms with E-state index in [0.29, 0.717) is 27.5 Å². The molecular weight excluding hydrogens is 458 g/mol. The molecule has 9 nitrogen and oxygen atoms in total. The number of ether oxygens (including phenoxy) is 2. The third kappa shape index (κ3) is 5.97. The van der Waals surface area contributed by atoms with Gasteiger partial charge in [0.15, 0.2) is 12.4 Å². The van der Waals surface area contributed by atoms with Crippen LogP contribution in [0, 0.1) is 0 Å². The summed E-state index contributed by atoms with van der Waals surface area (Å²) in [6.07, 6.45) is 4.05. The highest BCUT2D eigenvalue weighted by atomic mass is 32.1. The summed E-state index contributed by atoms with van der Waals surface area (Å²) in [5.41, 5.74) is 1.98. The van der Waals surface area contributed by atoms with Gasteiger partial charge in [-0.15, -0.1) is 11.3 Å². The second kappa shape index (κ2) is 10.9. The minimum atomic E-state index is -1.12. The number of ketones is 1. The zero-order valence-electron chi connectivity index (χ0n) is 18.2. The average Bonchev–Trinajstić information content (AvgIpc) is 3.30. The summed E-state index contributed by atoms with van der Waals surface area (Å²) in [7, 11) is 0. The number of fused-ring (bicyclic) bond motifs is 1. The van der Waals surface area contributed by atoms with Crippen LogP contribution in [0.4, 0.5) is 0 Å². The van der Waals surface area contributed by atoms with Crippen molar-refractivity contribution < 1.29 is 29.0 Å². The van der Waals surface area contributed by atoms with Crippen molar-refractivity contribution >= 4 is 29.0 Å². The molecule has 0 aliphatic carbocycles. The Balaban J connectivity index is 1.43. The number of benzene rings is 1. The number of aromatic nitrogens is 1. The molecule has 0 atom stereocenters. The number of thiophene rings is 1. The molecular formula is C24H23N3O6S. The Bertz CT molecular complexity index is 1170. The normalized spacial score (nSPS) is 12.5.